The van der Waals surface area contributed by atoms with Gasteiger partial charge in [-0.3, -0.25) is 0 Å². The maximum Gasteiger partial charge on any atom is 0.341 e. The molecule has 104 valence electrons. The van der Waals surface area contributed by atoms with Crippen LogP contribution in [0.1, 0.15) is 61.4 Å². The van der Waals surface area contributed by atoms with Gasteiger partial charge in [0.2, 0.25) is 0 Å². The van der Waals surface area contributed by atoms with Crippen LogP contribution in [-0.4, -0.2) is 19.2 Å². The van der Waals surface area contributed by atoms with E-state index in [0.717, 1.165) is 0 Å². The van der Waals surface area contributed by atoms with Gasteiger partial charge in [0.1, 0.15) is 11.3 Å². The molecule has 0 aliphatic heterocycles. The topological polar surface area (TPSA) is 35.5 Å². The molecule has 0 heterocycles. The largest absolute Gasteiger partial charge is 0.490 e. The minimum Gasteiger partial charge on any atom is -0.490 e. The highest BCUT2D eigenvalue weighted by Gasteiger charge is 2.21. The van der Waals surface area contributed by atoms with E-state index >= 15 is 0 Å². The highest BCUT2D eigenvalue weighted by atomic mass is 16.5. The van der Waals surface area contributed by atoms with Gasteiger partial charge < -0.3 is 9.47 Å². The van der Waals surface area contributed by atoms with E-state index in [2.05, 4.69) is 0 Å². The highest BCUT2D eigenvalue weighted by molar-refractivity contribution is 5.92. The number of esters is 1. The second-order valence-corrected chi connectivity index (χ2v) is 5.40. The van der Waals surface area contributed by atoms with Crippen LogP contribution in [0, 0.1) is 0 Å². The summed E-state index contributed by atoms with van der Waals surface area (Å²) in [6, 6.07) is 5.88. The number of hydrogen-bond acceptors (Lipinski definition) is 3. The van der Waals surface area contributed by atoms with Crippen molar-refractivity contribution in [1.82, 2.24) is 0 Å². The van der Waals surface area contributed by atoms with Crippen LogP contribution in [0.3, 0.4) is 0 Å². The molecule has 0 N–H and O–H groups in total. The Morgan fingerprint density at radius 2 is 1.95 bits per heavy atom. The van der Waals surface area contributed by atoms with Gasteiger partial charge in [-0.15, -0.1) is 0 Å². The summed E-state index contributed by atoms with van der Waals surface area (Å²) in [4.78, 5) is 11.7. The van der Waals surface area contributed by atoms with Crippen molar-refractivity contribution in [3.63, 3.8) is 0 Å². The van der Waals surface area contributed by atoms with Crippen LogP contribution < -0.4 is 4.74 Å². The Hall–Kier alpha value is -1.51. The van der Waals surface area contributed by atoms with Crippen LogP contribution in [-0.2, 0) is 4.74 Å². The maximum atomic E-state index is 11.7. The van der Waals surface area contributed by atoms with Crippen molar-refractivity contribution >= 4 is 5.97 Å². The molecule has 0 unspecified atom stereocenters. The van der Waals surface area contributed by atoms with E-state index in [1.54, 1.807) is 0 Å². The second kappa shape index (κ2) is 6.09. The molecular formula is C16H22O3. The smallest absolute Gasteiger partial charge is 0.341 e. The molecule has 1 aromatic rings. The molecule has 0 bridgehead atoms. The second-order valence-electron chi connectivity index (χ2n) is 5.40. The molecule has 1 aromatic carbocycles. The summed E-state index contributed by atoms with van der Waals surface area (Å²) < 4.78 is 10.6. The van der Waals surface area contributed by atoms with Crippen LogP contribution in [0.25, 0.3) is 0 Å². The molecule has 0 spiro atoms. The minimum atomic E-state index is -0.339. The highest BCUT2D eigenvalue weighted by Crippen LogP contribution is 2.36. The molecule has 3 nitrogen and oxygen atoms in total. The summed E-state index contributed by atoms with van der Waals surface area (Å²) in [7, 11) is 1.40. The van der Waals surface area contributed by atoms with Crippen molar-refractivity contribution in [3.8, 4) is 5.75 Å². The Morgan fingerprint density at radius 1 is 1.26 bits per heavy atom. The van der Waals surface area contributed by atoms with Gasteiger partial charge in [-0.2, -0.15) is 0 Å². The average molecular weight is 262 g/mol. The Bertz CT molecular complexity index is 445. The molecule has 0 saturated heterocycles. The summed E-state index contributed by atoms with van der Waals surface area (Å²) in [5.41, 5.74) is 1.79. The van der Waals surface area contributed by atoms with E-state index in [0.29, 0.717) is 17.2 Å². The van der Waals surface area contributed by atoms with E-state index in [-0.39, 0.29) is 12.1 Å². The monoisotopic (exact) mass is 262 g/mol. The predicted octanol–water partition coefficient (Wildman–Crippen LogP) is 3.92. The molecule has 3 heteroatoms. The zero-order valence-electron chi connectivity index (χ0n) is 11.9. The normalized spacial score (nSPS) is 15.8. The molecule has 0 amide bonds. The molecule has 1 aliphatic carbocycles. The van der Waals surface area contributed by atoms with Gasteiger partial charge in [-0.25, -0.2) is 4.79 Å². The van der Waals surface area contributed by atoms with E-state index in [4.69, 9.17) is 9.47 Å². The number of carbonyl (C=O) groups excluding carboxylic acids is 1. The quantitative estimate of drug-likeness (QED) is 0.771. The number of rotatable bonds is 4. The van der Waals surface area contributed by atoms with Crippen molar-refractivity contribution in [2.75, 3.05) is 7.11 Å². The first-order valence-electron chi connectivity index (χ1n) is 7.00. The van der Waals surface area contributed by atoms with E-state index in [1.807, 2.05) is 32.0 Å². The van der Waals surface area contributed by atoms with Gasteiger partial charge in [0.05, 0.1) is 13.2 Å². The fourth-order valence-electron chi connectivity index (χ4n) is 2.68. The molecule has 1 fully saturated rings. The SMILES string of the molecule is COC(=O)c1ccc(C2CCCC2)cc1OC(C)C. The third-order valence-electron chi connectivity index (χ3n) is 3.60. The molecule has 2 rings (SSSR count). The van der Waals surface area contributed by atoms with Gasteiger partial charge in [-0.1, -0.05) is 18.9 Å². The van der Waals surface area contributed by atoms with Crippen LogP contribution in [0.4, 0.5) is 0 Å². The fraction of sp³-hybridized carbons (Fsp3) is 0.562. The Labute approximate surface area is 114 Å². The third-order valence-corrected chi connectivity index (χ3v) is 3.60. The van der Waals surface area contributed by atoms with E-state index < -0.39 is 0 Å². The number of benzene rings is 1. The van der Waals surface area contributed by atoms with E-state index in [1.165, 1.54) is 38.4 Å². The lowest BCUT2D eigenvalue weighted by atomic mass is 9.96. The summed E-state index contributed by atoms with van der Waals surface area (Å²) in [5.74, 6) is 0.918. The lowest BCUT2D eigenvalue weighted by Gasteiger charge is -2.17. The lowest BCUT2D eigenvalue weighted by molar-refractivity contribution is 0.0594. The van der Waals surface area contributed by atoms with Gasteiger partial charge in [0.25, 0.3) is 0 Å². The van der Waals surface area contributed by atoms with Crippen LogP contribution >= 0.6 is 0 Å². The molecule has 19 heavy (non-hydrogen) atoms. The first kappa shape index (κ1) is 13.9. The number of methoxy groups -OCH3 is 1. The first-order chi connectivity index (χ1) is 9.11. The van der Waals surface area contributed by atoms with E-state index in [9.17, 15) is 4.79 Å². The minimum absolute atomic E-state index is 0.0437. The molecule has 0 atom stereocenters. The first-order valence-corrected chi connectivity index (χ1v) is 7.00. The molecular weight excluding hydrogens is 240 g/mol. The van der Waals surface area contributed by atoms with Crippen LogP contribution in [0.5, 0.6) is 5.75 Å². The summed E-state index contributed by atoms with van der Waals surface area (Å²) in [6.07, 6.45) is 5.10. The zero-order chi connectivity index (χ0) is 13.8. The van der Waals surface area contributed by atoms with Crippen molar-refractivity contribution in [2.45, 2.75) is 51.6 Å². The summed E-state index contributed by atoms with van der Waals surface area (Å²) in [6.45, 7) is 3.92. The maximum absolute atomic E-state index is 11.7. The standard InChI is InChI=1S/C16H22O3/c1-11(2)19-15-10-13(12-6-4-5-7-12)8-9-14(15)16(17)18-3/h8-12H,4-7H2,1-3H3. The third kappa shape index (κ3) is 3.28. The Kier molecular flexibility index (Phi) is 4.46. The molecule has 0 aromatic heterocycles. The fourth-order valence-corrected chi connectivity index (χ4v) is 2.68. The van der Waals surface area contributed by atoms with Crippen molar-refractivity contribution in [1.29, 1.82) is 0 Å². The molecule has 1 saturated carbocycles. The number of hydrogen-bond donors (Lipinski definition) is 0. The van der Waals surface area contributed by atoms with Gasteiger partial charge in [-0.05, 0) is 50.3 Å². The number of ether oxygens (including phenoxy) is 2. The van der Waals surface area contributed by atoms with Gasteiger partial charge in [0.15, 0.2) is 0 Å². The Morgan fingerprint density at radius 3 is 2.53 bits per heavy atom. The van der Waals surface area contributed by atoms with Crippen molar-refractivity contribution in [3.05, 3.63) is 29.3 Å². The van der Waals surface area contributed by atoms with Crippen LogP contribution in [0.2, 0.25) is 0 Å². The molecule has 0 radical (unpaired) electrons. The summed E-state index contributed by atoms with van der Waals surface area (Å²) >= 11 is 0. The zero-order valence-corrected chi connectivity index (χ0v) is 11.9. The van der Waals surface area contributed by atoms with Crippen LogP contribution in [0.15, 0.2) is 18.2 Å². The summed E-state index contributed by atoms with van der Waals surface area (Å²) in [5, 5.41) is 0. The van der Waals surface area contributed by atoms with Crippen molar-refractivity contribution < 1.29 is 14.3 Å². The Balaban J connectivity index is 2.31. The van der Waals surface area contributed by atoms with Crippen molar-refractivity contribution in [2.24, 2.45) is 0 Å². The van der Waals surface area contributed by atoms with Gasteiger partial charge >= 0.3 is 5.97 Å². The number of carbonyl (C=O) groups is 1. The average Bonchev–Trinajstić information content (AvgIpc) is 2.91. The predicted molar refractivity (Wildman–Crippen MR) is 74.8 cm³/mol. The van der Waals surface area contributed by atoms with Gasteiger partial charge in [0, 0.05) is 0 Å². The molecule has 1 aliphatic rings. The lowest BCUT2D eigenvalue weighted by Crippen LogP contribution is -2.11.